The van der Waals surface area contributed by atoms with E-state index in [1.807, 2.05) is 0 Å². The van der Waals surface area contributed by atoms with Crippen molar-refractivity contribution in [2.24, 2.45) is 0 Å². The molecule has 1 unspecified atom stereocenters. The third kappa shape index (κ3) is 29.2. The molecule has 0 rings (SSSR count). The molecular formula is C34H64O4. The van der Waals surface area contributed by atoms with E-state index in [1.54, 1.807) is 0 Å². The monoisotopic (exact) mass is 536 g/mol. The molecule has 1 N–H and O–H groups in total. The summed E-state index contributed by atoms with van der Waals surface area (Å²) >= 11 is 0. The predicted molar refractivity (Wildman–Crippen MR) is 163 cm³/mol. The molecule has 0 saturated heterocycles. The minimum Gasteiger partial charge on any atom is -0.481 e. The number of hydrogen-bond acceptors (Lipinski definition) is 3. The van der Waals surface area contributed by atoms with Crippen molar-refractivity contribution in [2.75, 3.05) is 0 Å². The Morgan fingerprint density at radius 1 is 0.553 bits per heavy atom. The number of rotatable bonds is 30. The maximum absolute atomic E-state index is 12.3. The Bertz CT molecular complexity index is 543. The van der Waals surface area contributed by atoms with Crippen molar-refractivity contribution in [1.82, 2.24) is 0 Å². The van der Waals surface area contributed by atoms with Crippen molar-refractivity contribution >= 4 is 11.9 Å². The minimum absolute atomic E-state index is 0.0729. The number of carboxylic acid groups (broad SMARTS) is 1. The number of hydrogen-bond donors (Lipinski definition) is 1. The first kappa shape index (κ1) is 36.7. The molecule has 0 aliphatic heterocycles. The van der Waals surface area contributed by atoms with Gasteiger partial charge in [-0.1, -0.05) is 142 Å². The molecule has 38 heavy (non-hydrogen) atoms. The van der Waals surface area contributed by atoms with Crippen molar-refractivity contribution in [3.8, 4) is 0 Å². The first-order valence-corrected chi connectivity index (χ1v) is 16.7. The zero-order chi connectivity index (χ0) is 27.9. The summed E-state index contributed by atoms with van der Waals surface area (Å²) in [6, 6.07) is 0. The van der Waals surface area contributed by atoms with E-state index in [1.165, 1.54) is 109 Å². The summed E-state index contributed by atoms with van der Waals surface area (Å²) in [6.07, 6.45) is 35.0. The molecule has 0 aliphatic rings. The highest BCUT2D eigenvalue weighted by Gasteiger charge is 2.15. The average molecular weight is 537 g/mol. The van der Waals surface area contributed by atoms with Crippen molar-refractivity contribution in [3.63, 3.8) is 0 Å². The summed E-state index contributed by atoms with van der Waals surface area (Å²) in [5.41, 5.74) is 0. The van der Waals surface area contributed by atoms with Crippen LogP contribution in [0.4, 0.5) is 0 Å². The number of carbonyl (C=O) groups excluding carboxylic acids is 1. The Kier molecular flexibility index (Phi) is 29.2. The Morgan fingerprint density at radius 3 is 1.53 bits per heavy atom. The van der Waals surface area contributed by atoms with Crippen LogP contribution in [0.25, 0.3) is 0 Å². The van der Waals surface area contributed by atoms with E-state index in [2.05, 4.69) is 26.0 Å². The van der Waals surface area contributed by atoms with Gasteiger partial charge >= 0.3 is 11.9 Å². The number of unbranched alkanes of at least 4 members (excludes halogenated alkanes) is 20. The molecule has 0 radical (unpaired) electrons. The predicted octanol–water partition coefficient (Wildman–Crippen LogP) is 11.1. The maximum Gasteiger partial charge on any atom is 0.306 e. The molecule has 0 aromatic heterocycles. The van der Waals surface area contributed by atoms with Gasteiger partial charge in [0.2, 0.25) is 0 Å². The number of carbonyl (C=O) groups is 2. The fraction of sp³-hybridized carbons (Fsp3) is 0.882. The third-order valence-electron chi connectivity index (χ3n) is 7.50. The van der Waals surface area contributed by atoms with Crippen LogP contribution in [0, 0.1) is 0 Å². The van der Waals surface area contributed by atoms with E-state index in [0.29, 0.717) is 12.8 Å². The van der Waals surface area contributed by atoms with Crippen LogP contribution in [-0.2, 0) is 14.3 Å². The Hall–Kier alpha value is -1.32. The molecule has 0 amide bonds. The van der Waals surface area contributed by atoms with Gasteiger partial charge in [-0.05, 0) is 44.9 Å². The molecule has 0 spiro atoms. The Labute approximate surface area is 236 Å². The maximum atomic E-state index is 12.3. The molecule has 0 heterocycles. The van der Waals surface area contributed by atoms with Gasteiger partial charge in [-0.25, -0.2) is 0 Å². The number of esters is 1. The zero-order valence-corrected chi connectivity index (χ0v) is 25.5. The molecule has 0 bridgehead atoms. The first-order valence-electron chi connectivity index (χ1n) is 16.7. The van der Waals surface area contributed by atoms with Gasteiger partial charge < -0.3 is 9.84 Å². The largest absolute Gasteiger partial charge is 0.481 e. The van der Waals surface area contributed by atoms with Crippen LogP contribution < -0.4 is 0 Å². The van der Waals surface area contributed by atoms with Crippen molar-refractivity contribution < 1.29 is 19.4 Å². The summed E-state index contributed by atoms with van der Waals surface area (Å²) in [4.78, 5) is 23.4. The number of aliphatic carboxylic acids is 1. The lowest BCUT2D eigenvalue weighted by molar-refractivity contribution is -0.151. The second-order valence-corrected chi connectivity index (χ2v) is 11.3. The second kappa shape index (κ2) is 30.2. The van der Waals surface area contributed by atoms with Crippen LogP contribution in [0.15, 0.2) is 12.2 Å². The topological polar surface area (TPSA) is 63.6 Å². The van der Waals surface area contributed by atoms with E-state index in [9.17, 15) is 9.59 Å². The summed E-state index contributed by atoms with van der Waals surface area (Å²) in [5.74, 6) is -0.961. The second-order valence-electron chi connectivity index (χ2n) is 11.3. The molecule has 0 saturated carbocycles. The summed E-state index contributed by atoms with van der Waals surface area (Å²) in [7, 11) is 0. The van der Waals surface area contributed by atoms with Crippen LogP contribution in [0.1, 0.15) is 187 Å². The van der Waals surface area contributed by atoms with Gasteiger partial charge in [0.25, 0.3) is 0 Å². The Balaban J connectivity index is 3.78. The highest BCUT2D eigenvalue weighted by Crippen LogP contribution is 2.17. The quantitative estimate of drug-likeness (QED) is 0.0563. The number of carboxylic acids is 1. The lowest BCUT2D eigenvalue weighted by Crippen LogP contribution is -2.19. The fourth-order valence-corrected chi connectivity index (χ4v) is 4.98. The zero-order valence-electron chi connectivity index (χ0n) is 25.5. The molecule has 0 aromatic rings. The van der Waals surface area contributed by atoms with Crippen molar-refractivity contribution in [3.05, 3.63) is 12.2 Å². The van der Waals surface area contributed by atoms with Crippen LogP contribution in [-0.4, -0.2) is 23.1 Å². The van der Waals surface area contributed by atoms with Gasteiger partial charge in [0.15, 0.2) is 0 Å². The van der Waals surface area contributed by atoms with Gasteiger partial charge in [-0.3, -0.25) is 9.59 Å². The molecular weight excluding hydrogens is 472 g/mol. The molecule has 1 atom stereocenters. The van der Waals surface area contributed by atoms with Crippen LogP contribution in [0.5, 0.6) is 0 Å². The first-order chi connectivity index (χ1) is 18.6. The van der Waals surface area contributed by atoms with Gasteiger partial charge in [0.05, 0.1) is 0 Å². The average Bonchev–Trinajstić information content (AvgIpc) is 2.90. The minimum atomic E-state index is -0.813. The highest BCUT2D eigenvalue weighted by atomic mass is 16.5. The van der Waals surface area contributed by atoms with Crippen LogP contribution in [0.3, 0.4) is 0 Å². The van der Waals surface area contributed by atoms with Gasteiger partial charge in [0.1, 0.15) is 6.10 Å². The van der Waals surface area contributed by atoms with Crippen molar-refractivity contribution in [2.45, 2.75) is 193 Å². The van der Waals surface area contributed by atoms with E-state index >= 15 is 0 Å². The summed E-state index contributed by atoms with van der Waals surface area (Å²) in [6.45, 7) is 4.49. The third-order valence-corrected chi connectivity index (χ3v) is 7.50. The van der Waals surface area contributed by atoms with Crippen LogP contribution in [0.2, 0.25) is 0 Å². The molecule has 224 valence electrons. The highest BCUT2D eigenvalue weighted by molar-refractivity contribution is 5.69. The normalized spacial score (nSPS) is 12.3. The molecule has 0 aromatic carbocycles. The SMILES string of the molecule is CCCC/C=C\CCCCCCCC(=O)OC(CCCCCCCCCCCCCCCC)CCC(=O)O. The lowest BCUT2D eigenvalue weighted by Gasteiger charge is -2.17. The van der Waals surface area contributed by atoms with Crippen LogP contribution >= 0.6 is 0 Å². The standard InChI is InChI=1S/C34H64O4/c1-3-5-7-9-11-13-15-16-17-19-20-22-24-26-28-32(30-31-33(35)36)38-34(37)29-27-25-23-21-18-14-12-10-8-6-4-2/h10,12,32H,3-9,11,13-31H2,1-2H3,(H,35,36)/b12-10-. The summed E-state index contributed by atoms with van der Waals surface area (Å²) < 4.78 is 5.69. The smallest absolute Gasteiger partial charge is 0.306 e. The van der Waals surface area contributed by atoms with E-state index in [0.717, 1.165) is 44.9 Å². The molecule has 0 fully saturated rings. The van der Waals surface area contributed by atoms with E-state index in [4.69, 9.17) is 9.84 Å². The Morgan fingerprint density at radius 2 is 1.00 bits per heavy atom. The molecule has 4 heteroatoms. The molecule has 0 aliphatic carbocycles. The number of allylic oxidation sites excluding steroid dienone is 2. The molecule has 4 nitrogen and oxygen atoms in total. The van der Waals surface area contributed by atoms with Gasteiger partial charge in [-0.15, -0.1) is 0 Å². The fourth-order valence-electron chi connectivity index (χ4n) is 4.98. The number of ether oxygens (including phenoxy) is 1. The van der Waals surface area contributed by atoms with Crippen molar-refractivity contribution in [1.29, 1.82) is 0 Å². The van der Waals surface area contributed by atoms with E-state index in [-0.39, 0.29) is 18.5 Å². The summed E-state index contributed by atoms with van der Waals surface area (Å²) in [5, 5.41) is 9.06. The lowest BCUT2D eigenvalue weighted by atomic mass is 10.0. The van der Waals surface area contributed by atoms with Gasteiger partial charge in [-0.2, -0.15) is 0 Å². The van der Waals surface area contributed by atoms with E-state index < -0.39 is 5.97 Å². The van der Waals surface area contributed by atoms with Gasteiger partial charge in [0, 0.05) is 12.8 Å².